The van der Waals surface area contributed by atoms with Gasteiger partial charge >= 0.3 is 6.03 Å². The molecule has 4 N–H and O–H groups in total. The smallest absolute Gasteiger partial charge is 0.321 e. The average Bonchev–Trinajstić information content (AvgIpc) is 2.27. The summed E-state index contributed by atoms with van der Waals surface area (Å²) in [5.41, 5.74) is 6.17. The van der Waals surface area contributed by atoms with Gasteiger partial charge < -0.3 is 15.8 Å². The van der Waals surface area contributed by atoms with Gasteiger partial charge in [-0.1, -0.05) is 15.9 Å². The van der Waals surface area contributed by atoms with Crippen LogP contribution < -0.4 is 21.1 Å². The van der Waals surface area contributed by atoms with Gasteiger partial charge in [-0.05, 0) is 26.0 Å². The molecule has 0 aliphatic carbocycles. The first kappa shape index (κ1) is 15.3. The van der Waals surface area contributed by atoms with E-state index in [0.29, 0.717) is 18.0 Å². The van der Waals surface area contributed by atoms with Crippen molar-refractivity contribution in [2.75, 3.05) is 12.3 Å². The van der Waals surface area contributed by atoms with Crippen molar-refractivity contribution in [2.45, 2.75) is 20.0 Å². The van der Waals surface area contributed by atoms with E-state index in [9.17, 15) is 9.59 Å². The number of carbonyl (C=O) groups is 2. The number of anilines is 1. The first-order valence-corrected chi connectivity index (χ1v) is 6.53. The van der Waals surface area contributed by atoms with Gasteiger partial charge in [-0.3, -0.25) is 10.1 Å². The highest BCUT2D eigenvalue weighted by Crippen LogP contribution is 2.23. The largest absolute Gasteiger partial charge is 0.481 e. The number of nitrogens with one attached hydrogen (secondary N) is 2. The van der Waals surface area contributed by atoms with Crippen molar-refractivity contribution in [1.29, 1.82) is 0 Å². The molecule has 0 saturated carbocycles. The molecular weight excluding hydrogens is 314 g/mol. The van der Waals surface area contributed by atoms with E-state index in [-0.39, 0.29) is 0 Å². The normalized spacial score (nSPS) is 11.5. The summed E-state index contributed by atoms with van der Waals surface area (Å²) in [5, 5.41) is 4.63. The third kappa shape index (κ3) is 5.17. The highest BCUT2D eigenvalue weighted by molar-refractivity contribution is 9.10. The van der Waals surface area contributed by atoms with Gasteiger partial charge in [-0.15, -0.1) is 0 Å². The predicted molar refractivity (Wildman–Crippen MR) is 75.9 cm³/mol. The highest BCUT2D eigenvalue weighted by atomic mass is 79.9. The fourth-order valence-corrected chi connectivity index (χ4v) is 1.82. The van der Waals surface area contributed by atoms with Gasteiger partial charge in [-0.25, -0.2) is 4.79 Å². The number of benzene rings is 1. The molecule has 1 atom stereocenters. The zero-order valence-corrected chi connectivity index (χ0v) is 12.3. The van der Waals surface area contributed by atoms with Crippen molar-refractivity contribution in [3.63, 3.8) is 0 Å². The molecule has 0 aliphatic rings. The summed E-state index contributed by atoms with van der Waals surface area (Å²) in [7, 11) is 0. The molecule has 7 heteroatoms. The molecule has 3 amide bonds. The monoisotopic (exact) mass is 329 g/mol. The minimum Gasteiger partial charge on any atom is -0.481 e. The number of hydrogen-bond donors (Lipinski definition) is 3. The molecule has 0 aliphatic heterocycles. The SMILES string of the molecule is CCNC(=O)NC(=O)C(C)Oc1cc(N)cc(Br)c1. The van der Waals surface area contributed by atoms with E-state index in [0.717, 1.165) is 4.47 Å². The van der Waals surface area contributed by atoms with Crippen molar-refractivity contribution in [3.8, 4) is 5.75 Å². The number of nitrogen functional groups attached to an aromatic ring is 1. The minimum atomic E-state index is -0.809. The van der Waals surface area contributed by atoms with Crippen LogP contribution in [-0.2, 0) is 4.79 Å². The Morgan fingerprint density at radius 3 is 2.68 bits per heavy atom. The quantitative estimate of drug-likeness (QED) is 0.732. The number of hydrogen-bond acceptors (Lipinski definition) is 4. The van der Waals surface area contributed by atoms with Gasteiger partial charge in [0.15, 0.2) is 6.10 Å². The van der Waals surface area contributed by atoms with Crippen molar-refractivity contribution in [1.82, 2.24) is 10.6 Å². The Kier molecular flexibility index (Phi) is 5.62. The molecule has 0 bridgehead atoms. The van der Waals surface area contributed by atoms with Crippen molar-refractivity contribution < 1.29 is 14.3 Å². The second-order valence-electron chi connectivity index (χ2n) is 3.83. The number of nitrogens with two attached hydrogens (primary N) is 1. The lowest BCUT2D eigenvalue weighted by Crippen LogP contribution is -2.45. The van der Waals surface area contributed by atoms with E-state index in [2.05, 4.69) is 26.6 Å². The lowest BCUT2D eigenvalue weighted by Gasteiger charge is -2.14. The van der Waals surface area contributed by atoms with E-state index in [4.69, 9.17) is 10.5 Å². The molecular formula is C12H16BrN3O3. The first-order valence-electron chi connectivity index (χ1n) is 5.73. The third-order valence-corrected chi connectivity index (χ3v) is 2.61. The van der Waals surface area contributed by atoms with E-state index in [1.165, 1.54) is 0 Å². The van der Waals surface area contributed by atoms with Gasteiger partial charge in [-0.2, -0.15) is 0 Å². The van der Waals surface area contributed by atoms with E-state index < -0.39 is 18.0 Å². The molecule has 6 nitrogen and oxygen atoms in total. The van der Waals surface area contributed by atoms with Crippen LogP contribution in [0.1, 0.15) is 13.8 Å². The van der Waals surface area contributed by atoms with Crippen LogP contribution in [-0.4, -0.2) is 24.6 Å². The van der Waals surface area contributed by atoms with Crippen LogP contribution in [0.15, 0.2) is 22.7 Å². The number of ether oxygens (including phenoxy) is 1. The minimum absolute atomic E-state index is 0.441. The first-order chi connectivity index (χ1) is 8.92. The van der Waals surface area contributed by atoms with Gasteiger partial charge in [0.1, 0.15) is 5.75 Å². The van der Waals surface area contributed by atoms with Crippen LogP contribution in [0.25, 0.3) is 0 Å². The maximum absolute atomic E-state index is 11.7. The van der Waals surface area contributed by atoms with E-state index in [1.807, 2.05) is 0 Å². The predicted octanol–water partition coefficient (Wildman–Crippen LogP) is 1.64. The molecule has 1 aromatic rings. The number of amides is 3. The van der Waals surface area contributed by atoms with Crippen LogP contribution in [0.4, 0.5) is 10.5 Å². The van der Waals surface area contributed by atoms with Gasteiger partial charge in [0.05, 0.1) is 0 Å². The molecule has 1 aromatic carbocycles. The lowest BCUT2D eigenvalue weighted by molar-refractivity contribution is -0.126. The maximum Gasteiger partial charge on any atom is 0.321 e. The van der Waals surface area contributed by atoms with Gasteiger partial charge in [0.2, 0.25) is 0 Å². The Balaban J connectivity index is 2.60. The standard InChI is InChI=1S/C12H16BrN3O3/c1-3-15-12(18)16-11(17)7(2)19-10-5-8(13)4-9(14)6-10/h4-7H,3,14H2,1-2H3,(H2,15,16,17,18). The van der Waals surface area contributed by atoms with Crippen LogP contribution in [0.3, 0.4) is 0 Å². The molecule has 1 rings (SSSR count). The Hall–Kier alpha value is -1.76. The summed E-state index contributed by atoms with van der Waals surface area (Å²) in [4.78, 5) is 22.9. The average molecular weight is 330 g/mol. The summed E-state index contributed by atoms with van der Waals surface area (Å²) < 4.78 is 6.16. The van der Waals surface area contributed by atoms with Crippen LogP contribution in [0.5, 0.6) is 5.75 Å². The molecule has 19 heavy (non-hydrogen) atoms. The van der Waals surface area contributed by atoms with Gasteiger partial charge in [0, 0.05) is 22.8 Å². The molecule has 0 fully saturated rings. The molecule has 0 radical (unpaired) electrons. The fraction of sp³-hybridized carbons (Fsp3) is 0.333. The van der Waals surface area contributed by atoms with Crippen molar-refractivity contribution >= 4 is 33.6 Å². The van der Waals surface area contributed by atoms with E-state index in [1.54, 1.807) is 32.0 Å². The number of halogens is 1. The Bertz CT molecular complexity index is 459. The molecule has 104 valence electrons. The topological polar surface area (TPSA) is 93.5 Å². The molecule has 0 saturated heterocycles. The van der Waals surface area contributed by atoms with Crippen LogP contribution in [0.2, 0.25) is 0 Å². The lowest BCUT2D eigenvalue weighted by atomic mass is 10.3. The van der Waals surface area contributed by atoms with Crippen molar-refractivity contribution in [3.05, 3.63) is 22.7 Å². The molecule has 0 spiro atoms. The number of rotatable bonds is 4. The Morgan fingerprint density at radius 1 is 1.42 bits per heavy atom. The summed E-state index contributed by atoms with van der Waals surface area (Å²) in [6.07, 6.45) is -0.809. The Morgan fingerprint density at radius 2 is 2.11 bits per heavy atom. The fourth-order valence-electron chi connectivity index (χ4n) is 1.33. The Labute approximate surface area is 119 Å². The van der Waals surface area contributed by atoms with Crippen molar-refractivity contribution in [2.24, 2.45) is 0 Å². The van der Waals surface area contributed by atoms with Crippen LogP contribution >= 0.6 is 15.9 Å². The second-order valence-corrected chi connectivity index (χ2v) is 4.74. The summed E-state index contributed by atoms with van der Waals surface area (Å²) in [5.74, 6) is -0.0741. The maximum atomic E-state index is 11.7. The zero-order chi connectivity index (χ0) is 14.4. The van der Waals surface area contributed by atoms with Gasteiger partial charge in [0.25, 0.3) is 5.91 Å². The number of imide groups is 1. The summed E-state index contributed by atoms with van der Waals surface area (Å²) in [6.45, 7) is 3.75. The van der Waals surface area contributed by atoms with E-state index >= 15 is 0 Å². The second kappa shape index (κ2) is 6.98. The number of carbonyl (C=O) groups excluding carboxylic acids is 2. The highest BCUT2D eigenvalue weighted by Gasteiger charge is 2.17. The number of urea groups is 1. The molecule has 0 aromatic heterocycles. The molecule has 0 heterocycles. The molecule has 1 unspecified atom stereocenters. The zero-order valence-electron chi connectivity index (χ0n) is 10.7. The summed E-state index contributed by atoms with van der Waals surface area (Å²) in [6, 6.07) is 4.45. The summed E-state index contributed by atoms with van der Waals surface area (Å²) >= 11 is 3.28. The van der Waals surface area contributed by atoms with Crippen LogP contribution in [0, 0.1) is 0 Å². The third-order valence-electron chi connectivity index (χ3n) is 2.15.